The second kappa shape index (κ2) is 9.33. The quantitative estimate of drug-likeness (QED) is 0.803. The van der Waals surface area contributed by atoms with Gasteiger partial charge in [0.1, 0.15) is 13.1 Å². The van der Waals surface area contributed by atoms with Crippen molar-refractivity contribution in [3.8, 4) is 0 Å². The number of thiophene rings is 1. The van der Waals surface area contributed by atoms with E-state index >= 15 is 0 Å². The number of nitrogens with zero attached hydrogens (tertiary/aromatic N) is 2. The Kier molecular flexibility index (Phi) is 6.60. The zero-order valence-corrected chi connectivity index (χ0v) is 15.6. The number of carbonyl (C=O) groups excluding carboxylic acids is 2. The highest BCUT2D eigenvalue weighted by Crippen LogP contribution is 2.12. The molecule has 1 aliphatic heterocycles. The minimum absolute atomic E-state index is 0.00985. The van der Waals surface area contributed by atoms with Crippen LogP contribution in [-0.4, -0.2) is 42.9 Å². The van der Waals surface area contributed by atoms with E-state index in [-0.39, 0.29) is 11.8 Å². The third-order valence-corrected chi connectivity index (χ3v) is 5.38. The Balaban J connectivity index is 1.32. The van der Waals surface area contributed by atoms with Gasteiger partial charge in [-0.05, 0) is 23.9 Å². The van der Waals surface area contributed by atoms with Gasteiger partial charge in [-0.1, -0.05) is 12.1 Å². The van der Waals surface area contributed by atoms with Gasteiger partial charge in [-0.2, -0.15) is 0 Å². The zero-order chi connectivity index (χ0) is 18.2. The molecule has 6 nitrogen and oxygen atoms in total. The van der Waals surface area contributed by atoms with Gasteiger partial charge in [-0.3, -0.25) is 14.5 Å². The minimum atomic E-state index is 0.00985. The fourth-order valence-corrected chi connectivity index (χ4v) is 3.67. The molecule has 3 heterocycles. The van der Waals surface area contributed by atoms with E-state index in [9.17, 15) is 9.59 Å². The average Bonchev–Trinajstić information content (AvgIpc) is 3.21. The topological polar surface area (TPSA) is 66.8 Å². The van der Waals surface area contributed by atoms with E-state index in [4.69, 9.17) is 0 Å². The molecule has 26 heavy (non-hydrogen) atoms. The molecule has 1 fully saturated rings. The van der Waals surface area contributed by atoms with Crippen LogP contribution >= 0.6 is 11.3 Å². The number of H-pyrrole nitrogens is 1. The molecule has 0 radical (unpaired) electrons. The molecule has 2 amide bonds. The van der Waals surface area contributed by atoms with Crippen molar-refractivity contribution in [2.24, 2.45) is 0 Å². The second-order valence-electron chi connectivity index (χ2n) is 6.33. The van der Waals surface area contributed by atoms with E-state index in [2.05, 4.69) is 15.2 Å². The SMILES string of the molecule is O=C(CCCC(=O)N1CCN(c2cccc[nH+]2)CC1)NCc1cccs1. The van der Waals surface area contributed by atoms with Crippen LogP contribution in [-0.2, 0) is 16.1 Å². The van der Waals surface area contributed by atoms with E-state index in [1.54, 1.807) is 11.3 Å². The number of pyridine rings is 1. The molecule has 3 rings (SSSR count). The maximum Gasteiger partial charge on any atom is 0.274 e. The van der Waals surface area contributed by atoms with Crippen molar-refractivity contribution >= 4 is 29.0 Å². The molecule has 138 valence electrons. The minimum Gasteiger partial charge on any atom is -0.351 e. The van der Waals surface area contributed by atoms with Crippen molar-refractivity contribution < 1.29 is 14.6 Å². The molecule has 1 aliphatic rings. The van der Waals surface area contributed by atoms with Crippen LogP contribution in [0.15, 0.2) is 41.9 Å². The van der Waals surface area contributed by atoms with Gasteiger partial charge in [0.25, 0.3) is 5.82 Å². The van der Waals surface area contributed by atoms with Crippen LogP contribution in [0.1, 0.15) is 24.1 Å². The number of aromatic amines is 1. The van der Waals surface area contributed by atoms with E-state index in [0.717, 1.165) is 36.9 Å². The number of carbonyl (C=O) groups is 2. The maximum absolute atomic E-state index is 12.3. The van der Waals surface area contributed by atoms with Gasteiger partial charge in [0.15, 0.2) is 0 Å². The first-order valence-corrected chi connectivity index (χ1v) is 9.89. The molecule has 2 aromatic rings. The number of hydrogen-bond donors (Lipinski definition) is 1. The van der Waals surface area contributed by atoms with E-state index in [1.165, 1.54) is 0 Å². The van der Waals surface area contributed by atoms with Gasteiger partial charge in [-0.25, -0.2) is 4.98 Å². The third kappa shape index (κ3) is 5.29. The van der Waals surface area contributed by atoms with Crippen molar-refractivity contribution in [1.29, 1.82) is 0 Å². The molecule has 0 unspecified atom stereocenters. The molecular formula is C19H25N4O2S+. The first-order chi connectivity index (χ1) is 12.7. The van der Waals surface area contributed by atoms with Gasteiger partial charge >= 0.3 is 0 Å². The number of anilines is 1. The summed E-state index contributed by atoms with van der Waals surface area (Å²) in [5, 5.41) is 4.89. The summed E-state index contributed by atoms with van der Waals surface area (Å²) in [6, 6.07) is 9.99. The lowest BCUT2D eigenvalue weighted by molar-refractivity contribution is -0.364. The van der Waals surface area contributed by atoms with Crippen LogP contribution in [0.5, 0.6) is 0 Å². The summed E-state index contributed by atoms with van der Waals surface area (Å²) in [5.74, 6) is 1.24. The summed E-state index contributed by atoms with van der Waals surface area (Å²) >= 11 is 1.63. The van der Waals surface area contributed by atoms with Gasteiger partial charge in [0.2, 0.25) is 11.8 Å². The van der Waals surface area contributed by atoms with Crippen LogP contribution in [0.25, 0.3) is 0 Å². The molecule has 2 aromatic heterocycles. The molecule has 0 bridgehead atoms. The summed E-state index contributed by atoms with van der Waals surface area (Å²) in [4.78, 5) is 32.7. The summed E-state index contributed by atoms with van der Waals surface area (Å²) in [7, 11) is 0. The van der Waals surface area contributed by atoms with E-state index < -0.39 is 0 Å². The smallest absolute Gasteiger partial charge is 0.274 e. The van der Waals surface area contributed by atoms with E-state index in [0.29, 0.717) is 25.8 Å². The van der Waals surface area contributed by atoms with Crippen molar-refractivity contribution in [3.05, 3.63) is 46.8 Å². The van der Waals surface area contributed by atoms with Crippen molar-refractivity contribution in [2.45, 2.75) is 25.8 Å². The molecule has 0 aromatic carbocycles. The van der Waals surface area contributed by atoms with Crippen LogP contribution in [0, 0.1) is 0 Å². The average molecular weight is 374 g/mol. The predicted octanol–water partition coefficient (Wildman–Crippen LogP) is 1.70. The zero-order valence-electron chi connectivity index (χ0n) is 14.8. The normalized spacial score (nSPS) is 14.3. The molecule has 0 saturated carbocycles. The number of amides is 2. The number of nitrogens with one attached hydrogen (secondary N) is 2. The fourth-order valence-electron chi connectivity index (χ4n) is 3.02. The maximum atomic E-state index is 12.3. The Hall–Kier alpha value is -2.41. The third-order valence-electron chi connectivity index (χ3n) is 4.50. The Morgan fingerprint density at radius 1 is 1.08 bits per heavy atom. The summed E-state index contributed by atoms with van der Waals surface area (Å²) < 4.78 is 0. The summed E-state index contributed by atoms with van der Waals surface area (Å²) in [6.07, 6.45) is 3.35. The lowest BCUT2D eigenvalue weighted by Crippen LogP contribution is -2.50. The van der Waals surface area contributed by atoms with Gasteiger partial charge in [0.05, 0.1) is 25.8 Å². The molecule has 1 saturated heterocycles. The number of piperazine rings is 1. The largest absolute Gasteiger partial charge is 0.351 e. The first kappa shape index (κ1) is 18.4. The molecular weight excluding hydrogens is 348 g/mol. The second-order valence-corrected chi connectivity index (χ2v) is 7.36. The predicted molar refractivity (Wildman–Crippen MR) is 102 cm³/mol. The highest BCUT2D eigenvalue weighted by atomic mass is 32.1. The van der Waals surface area contributed by atoms with Gasteiger partial charge in [-0.15, -0.1) is 11.3 Å². The Morgan fingerprint density at radius 3 is 2.62 bits per heavy atom. The van der Waals surface area contributed by atoms with Crippen LogP contribution < -0.4 is 15.2 Å². The Labute approximate surface area is 157 Å². The van der Waals surface area contributed by atoms with E-state index in [1.807, 2.05) is 46.8 Å². The molecule has 0 atom stereocenters. The molecule has 0 aliphatic carbocycles. The molecule has 0 spiro atoms. The Bertz CT molecular complexity index is 698. The van der Waals surface area contributed by atoms with Crippen LogP contribution in [0.4, 0.5) is 5.82 Å². The lowest BCUT2D eigenvalue weighted by Gasteiger charge is -2.31. The van der Waals surface area contributed by atoms with Crippen LogP contribution in [0.3, 0.4) is 0 Å². The Morgan fingerprint density at radius 2 is 1.92 bits per heavy atom. The fraction of sp³-hybridized carbons (Fsp3) is 0.421. The monoisotopic (exact) mass is 373 g/mol. The number of hydrogen-bond acceptors (Lipinski definition) is 4. The van der Waals surface area contributed by atoms with Crippen LogP contribution in [0.2, 0.25) is 0 Å². The standard InChI is InChI=1S/C19H24N4O2S/c24-18(21-15-16-5-4-14-26-16)7-3-8-19(25)23-12-10-22(11-13-23)17-6-1-2-9-20-17/h1-2,4-6,9,14H,3,7-8,10-13,15H2,(H,21,24)/p+1. The molecule has 7 heteroatoms. The highest BCUT2D eigenvalue weighted by Gasteiger charge is 2.25. The first-order valence-electron chi connectivity index (χ1n) is 9.01. The highest BCUT2D eigenvalue weighted by molar-refractivity contribution is 7.09. The van der Waals surface area contributed by atoms with Crippen molar-refractivity contribution in [2.75, 3.05) is 31.1 Å². The van der Waals surface area contributed by atoms with Crippen molar-refractivity contribution in [3.63, 3.8) is 0 Å². The number of aromatic nitrogens is 1. The summed E-state index contributed by atoms with van der Waals surface area (Å²) in [6.45, 7) is 3.68. The summed E-state index contributed by atoms with van der Waals surface area (Å²) in [5.41, 5.74) is 0. The lowest BCUT2D eigenvalue weighted by atomic mass is 10.2. The van der Waals surface area contributed by atoms with Gasteiger partial charge < -0.3 is 10.2 Å². The van der Waals surface area contributed by atoms with Crippen molar-refractivity contribution in [1.82, 2.24) is 10.2 Å². The van der Waals surface area contributed by atoms with Gasteiger partial charge in [0, 0.05) is 23.8 Å². The number of rotatable bonds is 7. The molecule has 2 N–H and O–H groups in total.